The van der Waals surface area contributed by atoms with Gasteiger partial charge in [0.15, 0.2) is 0 Å². The summed E-state index contributed by atoms with van der Waals surface area (Å²) in [6.07, 6.45) is 3.16. The Hall–Kier alpha value is -2.16. The fourth-order valence-corrected chi connectivity index (χ4v) is 3.75. The van der Waals surface area contributed by atoms with Crippen LogP contribution in [0.5, 0.6) is 0 Å². The molecule has 9 heteroatoms. The van der Waals surface area contributed by atoms with Crippen molar-refractivity contribution in [1.29, 1.82) is 0 Å². The molecule has 1 aromatic rings. The second-order valence-electron chi connectivity index (χ2n) is 7.23. The van der Waals surface area contributed by atoms with Crippen LogP contribution in [0, 0.1) is 22.0 Å². The molecule has 0 bridgehead atoms. The third kappa shape index (κ3) is 4.09. The molecular formula is C16H26N6O3. The summed E-state index contributed by atoms with van der Waals surface area (Å²) >= 11 is 0. The van der Waals surface area contributed by atoms with E-state index in [2.05, 4.69) is 34.0 Å². The van der Waals surface area contributed by atoms with Crippen LogP contribution < -0.4 is 16.0 Å². The third-order valence-electron chi connectivity index (χ3n) is 4.75. The first kappa shape index (κ1) is 17.7. The monoisotopic (exact) mass is 350 g/mol. The van der Waals surface area contributed by atoms with Gasteiger partial charge in [0.05, 0.1) is 11.0 Å². The predicted octanol–water partition coefficient (Wildman–Crippen LogP) is 2.04. The number of aromatic nitrogens is 2. The number of hydrogen-bond donors (Lipinski definition) is 2. The highest BCUT2D eigenvalue weighted by molar-refractivity contribution is 5.70. The van der Waals surface area contributed by atoms with Crippen molar-refractivity contribution in [2.45, 2.75) is 39.2 Å². The molecule has 0 aromatic carbocycles. The minimum atomic E-state index is -0.529. The smallest absolute Gasteiger partial charge is 0.353 e. The van der Waals surface area contributed by atoms with Crippen LogP contribution in [0.25, 0.3) is 0 Å². The summed E-state index contributed by atoms with van der Waals surface area (Å²) in [6, 6.07) is 0. The van der Waals surface area contributed by atoms with E-state index in [9.17, 15) is 10.1 Å². The van der Waals surface area contributed by atoms with E-state index in [4.69, 9.17) is 10.5 Å². The van der Waals surface area contributed by atoms with Gasteiger partial charge in [-0.2, -0.15) is 9.97 Å². The molecule has 25 heavy (non-hydrogen) atoms. The number of rotatable bonds is 5. The Morgan fingerprint density at radius 3 is 2.68 bits per heavy atom. The standard InChI is InChI=1S/C16H26N6O3/c1-10-6-11(2)9-21(8-10)16-19-14(17)13(22(23)24)15(20-16)18-7-12-4-3-5-25-12/h10-12H,3-9H2,1-2H3,(H3,17,18,19,20)/t10-,11+,12-/m0/s1. The quantitative estimate of drug-likeness (QED) is 0.611. The maximum Gasteiger partial charge on any atom is 0.353 e. The molecule has 0 unspecified atom stereocenters. The SMILES string of the molecule is C[C@@H]1C[C@H](C)CN(c2nc(N)c([N+](=O)[O-])c(NC[C@@H]3CCCO3)n2)C1. The number of nitro groups is 1. The molecule has 3 atom stereocenters. The topological polar surface area (TPSA) is 119 Å². The van der Waals surface area contributed by atoms with Crippen molar-refractivity contribution in [1.82, 2.24) is 9.97 Å². The zero-order valence-corrected chi connectivity index (χ0v) is 14.8. The minimum absolute atomic E-state index is 0.0503. The van der Waals surface area contributed by atoms with Gasteiger partial charge in [0.25, 0.3) is 0 Å². The van der Waals surface area contributed by atoms with Gasteiger partial charge in [0.1, 0.15) is 0 Å². The molecule has 3 N–H and O–H groups in total. The molecule has 0 spiro atoms. The van der Waals surface area contributed by atoms with E-state index in [0.717, 1.165) is 39.0 Å². The van der Waals surface area contributed by atoms with Gasteiger partial charge >= 0.3 is 5.69 Å². The van der Waals surface area contributed by atoms with Crippen molar-refractivity contribution in [2.24, 2.45) is 11.8 Å². The van der Waals surface area contributed by atoms with E-state index >= 15 is 0 Å². The van der Waals surface area contributed by atoms with Crippen LogP contribution in [0.15, 0.2) is 0 Å². The Kier molecular flexibility index (Phi) is 5.22. The van der Waals surface area contributed by atoms with Gasteiger partial charge in [0.2, 0.25) is 17.6 Å². The van der Waals surface area contributed by atoms with E-state index in [1.165, 1.54) is 0 Å². The maximum absolute atomic E-state index is 11.4. The lowest BCUT2D eigenvalue weighted by molar-refractivity contribution is -0.383. The fraction of sp³-hybridized carbons (Fsp3) is 0.750. The van der Waals surface area contributed by atoms with Crippen molar-refractivity contribution in [3.05, 3.63) is 10.1 Å². The molecule has 9 nitrogen and oxygen atoms in total. The molecule has 2 fully saturated rings. The third-order valence-corrected chi connectivity index (χ3v) is 4.75. The van der Waals surface area contributed by atoms with Crippen molar-refractivity contribution in [3.63, 3.8) is 0 Å². The van der Waals surface area contributed by atoms with Crippen molar-refractivity contribution in [3.8, 4) is 0 Å². The first-order chi connectivity index (χ1) is 11.9. The second kappa shape index (κ2) is 7.38. The number of piperidine rings is 1. The molecule has 3 heterocycles. The summed E-state index contributed by atoms with van der Waals surface area (Å²) in [5.74, 6) is 1.57. The molecule has 2 aliphatic heterocycles. The van der Waals surface area contributed by atoms with Crippen molar-refractivity contribution in [2.75, 3.05) is 42.2 Å². The molecule has 2 saturated heterocycles. The number of hydrogen-bond acceptors (Lipinski definition) is 8. The average Bonchev–Trinajstić information content (AvgIpc) is 3.04. The van der Waals surface area contributed by atoms with Crippen LogP contribution in [0.4, 0.5) is 23.3 Å². The highest BCUT2D eigenvalue weighted by Crippen LogP contribution is 2.32. The zero-order valence-electron chi connectivity index (χ0n) is 14.8. The van der Waals surface area contributed by atoms with Gasteiger partial charge in [-0.1, -0.05) is 13.8 Å². The minimum Gasteiger partial charge on any atom is -0.378 e. The Morgan fingerprint density at radius 2 is 2.08 bits per heavy atom. The highest BCUT2D eigenvalue weighted by atomic mass is 16.6. The predicted molar refractivity (Wildman–Crippen MR) is 95.7 cm³/mol. The Bertz CT molecular complexity index is 625. The number of nitrogens with two attached hydrogens (primary N) is 1. The first-order valence-corrected chi connectivity index (χ1v) is 8.86. The van der Waals surface area contributed by atoms with E-state index in [1.807, 2.05) is 0 Å². The molecule has 0 saturated carbocycles. The summed E-state index contributed by atoms with van der Waals surface area (Å²) in [5, 5.41) is 14.4. The number of nitrogen functional groups attached to an aromatic ring is 1. The van der Waals surface area contributed by atoms with Gasteiger partial charge in [-0.25, -0.2) is 0 Å². The van der Waals surface area contributed by atoms with E-state index < -0.39 is 4.92 Å². The molecule has 0 aliphatic carbocycles. The Labute approximate surface area is 147 Å². The van der Waals surface area contributed by atoms with Crippen molar-refractivity contribution < 1.29 is 9.66 Å². The van der Waals surface area contributed by atoms with Crippen LogP contribution in [0.1, 0.15) is 33.1 Å². The van der Waals surface area contributed by atoms with Gasteiger partial charge in [-0.05, 0) is 31.1 Å². The fourth-order valence-electron chi connectivity index (χ4n) is 3.75. The van der Waals surface area contributed by atoms with Gasteiger partial charge < -0.3 is 20.7 Å². The Balaban J connectivity index is 1.85. The average molecular weight is 350 g/mol. The van der Waals surface area contributed by atoms with Gasteiger partial charge in [0, 0.05) is 26.2 Å². The van der Waals surface area contributed by atoms with E-state index in [-0.39, 0.29) is 23.4 Å². The summed E-state index contributed by atoms with van der Waals surface area (Å²) in [5.41, 5.74) is 5.63. The lowest BCUT2D eigenvalue weighted by Crippen LogP contribution is -2.40. The van der Waals surface area contributed by atoms with Crippen LogP contribution in [0.2, 0.25) is 0 Å². The number of nitrogens with zero attached hydrogens (tertiary/aromatic N) is 4. The summed E-state index contributed by atoms with van der Waals surface area (Å²) in [4.78, 5) is 21.6. The van der Waals surface area contributed by atoms with Crippen LogP contribution in [0.3, 0.4) is 0 Å². The van der Waals surface area contributed by atoms with Crippen LogP contribution in [-0.2, 0) is 4.74 Å². The highest BCUT2D eigenvalue weighted by Gasteiger charge is 2.29. The van der Waals surface area contributed by atoms with Crippen molar-refractivity contribution >= 4 is 23.3 Å². The van der Waals surface area contributed by atoms with Gasteiger partial charge in [-0.15, -0.1) is 0 Å². The summed E-state index contributed by atoms with van der Waals surface area (Å²) in [7, 11) is 0. The first-order valence-electron chi connectivity index (χ1n) is 8.86. The maximum atomic E-state index is 11.4. The second-order valence-corrected chi connectivity index (χ2v) is 7.23. The molecule has 3 rings (SSSR count). The zero-order chi connectivity index (χ0) is 18.0. The molecule has 0 amide bonds. The molecular weight excluding hydrogens is 324 g/mol. The van der Waals surface area contributed by atoms with E-state index in [1.54, 1.807) is 0 Å². The number of anilines is 3. The lowest BCUT2D eigenvalue weighted by Gasteiger charge is -2.35. The van der Waals surface area contributed by atoms with E-state index in [0.29, 0.717) is 24.3 Å². The number of ether oxygens (including phenoxy) is 1. The summed E-state index contributed by atoms with van der Waals surface area (Å²) in [6.45, 7) is 7.24. The molecule has 2 aliphatic rings. The largest absolute Gasteiger partial charge is 0.378 e. The molecule has 138 valence electrons. The summed E-state index contributed by atoms with van der Waals surface area (Å²) < 4.78 is 5.56. The molecule has 0 radical (unpaired) electrons. The lowest BCUT2D eigenvalue weighted by atomic mass is 9.92. The number of nitrogens with one attached hydrogen (secondary N) is 1. The Morgan fingerprint density at radius 1 is 1.36 bits per heavy atom. The van der Waals surface area contributed by atoms with Gasteiger partial charge in [-0.3, -0.25) is 10.1 Å². The van der Waals surface area contributed by atoms with Crippen LogP contribution in [-0.4, -0.2) is 47.2 Å². The normalized spacial score (nSPS) is 26.6. The molecule has 1 aromatic heterocycles. The van der Waals surface area contributed by atoms with Crippen LogP contribution >= 0.6 is 0 Å².